The van der Waals surface area contributed by atoms with Crippen molar-refractivity contribution in [2.24, 2.45) is 7.05 Å². The van der Waals surface area contributed by atoms with E-state index < -0.39 is 0 Å². The van der Waals surface area contributed by atoms with Gasteiger partial charge in [0.1, 0.15) is 23.3 Å². The monoisotopic (exact) mass is 268 g/mol. The van der Waals surface area contributed by atoms with Gasteiger partial charge >= 0.3 is 0 Å². The molecule has 0 saturated heterocycles. The fraction of sp³-hybridized carbons (Fsp3) is 0.250. The highest BCUT2D eigenvalue weighted by atomic mass is 16.3. The van der Waals surface area contributed by atoms with Crippen LogP contribution in [0.3, 0.4) is 0 Å². The van der Waals surface area contributed by atoms with Crippen LogP contribution in [0.15, 0.2) is 22.6 Å². The molecule has 0 atom stereocenters. The Labute approximate surface area is 117 Å². The van der Waals surface area contributed by atoms with Gasteiger partial charge in [0.2, 0.25) is 0 Å². The van der Waals surface area contributed by atoms with Gasteiger partial charge < -0.3 is 8.98 Å². The summed E-state index contributed by atoms with van der Waals surface area (Å²) >= 11 is 0. The molecular weight excluding hydrogens is 252 g/mol. The van der Waals surface area contributed by atoms with Gasteiger partial charge in [-0.1, -0.05) is 0 Å². The average Bonchev–Trinajstić information content (AvgIpc) is 2.88. The van der Waals surface area contributed by atoms with Gasteiger partial charge in [0, 0.05) is 12.7 Å². The number of nitrogens with zero attached hydrogens (tertiary/aromatic N) is 2. The molecule has 0 fully saturated rings. The van der Waals surface area contributed by atoms with Crippen LogP contribution >= 0.6 is 0 Å². The molecule has 0 aliphatic heterocycles. The largest absolute Gasteiger partial charge is 0.466 e. The Morgan fingerprint density at radius 1 is 1.35 bits per heavy atom. The second kappa shape index (κ2) is 5.22. The van der Waals surface area contributed by atoms with Gasteiger partial charge in [0.25, 0.3) is 0 Å². The Kier molecular flexibility index (Phi) is 3.62. The highest BCUT2D eigenvalue weighted by Gasteiger charge is 2.11. The molecule has 4 heteroatoms. The normalized spacial score (nSPS) is 10.9. The number of aromatic nitrogens is 1. The van der Waals surface area contributed by atoms with Gasteiger partial charge in [0.15, 0.2) is 5.78 Å². The predicted octanol–water partition coefficient (Wildman–Crippen LogP) is 3.31. The Morgan fingerprint density at radius 2 is 2.05 bits per heavy atom. The van der Waals surface area contributed by atoms with Crippen molar-refractivity contribution >= 4 is 11.9 Å². The van der Waals surface area contributed by atoms with Gasteiger partial charge in [-0.2, -0.15) is 5.26 Å². The standard InChI is InChI=1S/C16H16N2O2/c1-10-7-15(12(3)20-10)16(19)6-5-13-8-14(9-17)18(4)11(13)2/h5-8H,1-4H3/b6-5+. The molecule has 0 saturated carbocycles. The highest BCUT2D eigenvalue weighted by Crippen LogP contribution is 2.18. The first kappa shape index (κ1) is 13.9. The maximum absolute atomic E-state index is 12.1. The van der Waals surface area contributed by atoms with Crippen LogP contribution in [0, 0.1) is 32.1 Å². The molecule has 2 aromatic rings. The van der Waals surface area contributed by atoms with E-state index in [1.54, 1.807) is 29.7 Å². The molecular formula is C16H16N2O2. The van der Waals surface area contributed by atoms with E-state index in [-0.39, 0.29) is 5.78 Å². The SMILES string of the molecule is Cc1cc(C(=O)/C=C/c2cc(C#N)n(C)c2C)c(C)o1. The van der Waals surface area contributed by atoms with E-state index in [1.807, 2.05) is 20.9 Å². The lowest BCUT2D eigenvalue weighted by molar-refractivity contribution is 0.104. The van der Waals surface area contributed by atoms with Crippen LogP contribution in [0.5, 0.6) is 0 Å². The number of carbonyl (C=O) groups is 1. The van der Waals surface area contributed by atoms with Crippen LogP contribution in [0.2, 0.25) is 0 Å². The minimum Gasteiger partial charge on any atom is -0.466 e. The predicted molar refractivity (Wildman–Crippen MR) is 76.4 cm³/mol. The maximum atomic E-state index is 12.1. The summed E-state index contributed by atoms with van der Waals surface area (Å²) in [6.45, 7) is 5.50. The molecule has 0 amide bonds. The van der Waals surface area contributed by atoms with E-state index in [2.05, 4.69) is 6.07 Å². The van der Waals surface area contributed by atoms with Gasteiger partial charge in [-0.25, -0.2) is 0 Å². The van der Waals surface area contributed by atoms with E-state index in [0.29, 0.717) is 17.0 Å². The van der Waals surface area contributed by atoms with Gasteiger partial charge in [-0.05, 0) is 50.6 Å². The number of allylic oxidation sites excluding steroid dienone is 1. The molecule has 0 N–H and O–H groups in total. The fourth-order valence-corrected chi connectivity index (χ4v) is 2.13. The fourth-order valence-electron chi connectivity index (χ4n) is 2.13. The molecule has 0 aliphatic rings. The molecule has 2 aromatic heterocycles. The van der Waals surface area contributed by atoms with Crippen molar-refractivity contribution in [3.63, 3.8) is 0 Å². The number of rotatable bonds is 3. The number of furan rings is 1. The molecule has 20 heavy (non-hydrogen) atoms. The van der Waals surface area contributed by atoms with Crippen LogP contribution in [-0.4, -0.2) is 10.4 Å². The first-order valence-electron chi connectivity index (χ1n) is 6.30. The van der Waals surface area contributed by atoms with Gasteiger partial charge in [-0.3, -0.25) is 4.79 Å². The zero-order chi connectivity index (χ0) is 14.9. The molecule has 0 bridgehead atoms. The summed E-state index contributed by atoms with van der Waals surface area (Å²) in [6, 6.07) is 5.62. The number of nitriles is 1. The molecule has 0 aromatic carbocycles. The van der Waals surface area contributed by atoms with Crippen LogP contribution in [0.4, 0.5) is 0 Å². The molecule has 0 aliphatic carbocycles. The van der Waals surface area contributed by atoms with Crippen LogP contribution in [0.1, 0.15) is 38.8 Å². The number of hydrogen-bond acceptors (Lipinski definition) is 3. The molecule has 102 valence electrons. The summed E-state index contributed by atoms with van der Waals surface area (Å²) in [5.41, 5.74) is 2.97. The molecule has 0 unspecified atom stereocenters. The van der Waals surface area contributed by atoms with Gasteiger partial charge in [0.05, 0.1) is 5.56 Å². The zero-order valence-electron chi connectivity index (χ0n) is 12.0. The third kappa shape index (κ3) is 2.43. The van der Waals surface area contributed by atoms with E-state index in [9.17, 15) is 4.79 Å². The Hall–Kier alpha value is -2.54. The smallest absolute Gasteiger partial charge is 0.189 e. The zero-order valence-corrected chi connectivity index (χ0v) is 12.0. The van der Waals surface area contributed by atoms with Crippen molar-refractivity contribution in [3.8, 4) is 6.07 Å². The lowest BCUT2D eigenvalue weighted by Gasteiger charge is -1.97. The number of aryl methyl sites for hydroxylation is 2. The second-order valence-corrected chi connectivity index (χ2v) is 4.77. The van der Waals surface area contributed by atoms with Crippen LogP contribution < -0.4 is 0 Å². The first-order chi connectivity index (χ1) is 9.43. The summed E-state index contributed by atoms with van der Waals surface area (Å²) in [5.74, 6) is 1.25. The van der Waals surface area contributed by atoms with E-state index >= 15 is 0 Å². The lowest BCUT2D eigenvalue weighted by atomic mass is 10.1. The highest BCUT2D eigenvalue weighted by molar-refractivity contribution is 6.07. The van der Waals surface area contributed by atoms with E-state index in [1.165, 1.54) is 6.08 Å². The molecule has 2 heterocycles. The molecule has 0 spiro atoms. The number of carbonyl (C=O) groups excluding carboxylic acids is 1. The summed E-state index contributed by atoms with van der Waals surface area (Å²) in [7, 11) is 1.83. The first-order valence-corrected chi connectivity index (χ1v) is 6.30. The topological polar surface area (TPSA) is 58.9 Å². The lowest BCUT2D eigenvalue weighted by Crippen LogP contribution is -1.95. The van der Waals surface area contributed by atoms with Gasteiger partial charge in [-0.15, -0.1) is 0 Å². The van der Waals surface area contributed by atoms with E-state index in [4.69, 9.17) is 9.68 Å². The van der Waals surface area contributed by atoms with Crippen molar-refractivity contribution < 1.29 is 9.21 Å². The summed E-state index contributed by atoms with van der Waals surface area (Å²) in [6.07, 6.45) is 3.25. The quantitative estimate of drug-likeness (QED) is 0.633. The van der Waals surface area contributed by atoms with Crippen LogP contribution in [-0.2, 0) is 7.05 Å². The third-order valence-corrected chi connectivity index (χ3v) is 3.41. The Morgan fingerprint density at radius 3 is 2.55 bits per heavy atom. The molecule has 0 radical (unpaired) electrons. The Bertz CT molecular complexity index is 739. The molecule has 4 nitrogen and oxygen atoms in total. The summed E-state index contributed by atoms with van der Waals surface area (Å²) in [4.78, 5) is 12.1. The summed E-state index contributed by atoms with van der Waals surface area (Å²) in [5, 5.41) is 8.98. The maximum Gasteiger partial charge on any atom is 0.189 e. The van der Waals surface area contributed by atoms with Crippen molar-refractivity contribution in [1.29, 1.82) is 5.26 Å². The average molecular weight is 268 g/mol. The molecule has 2 rings (SSSR count). The Balaban J connectivity index is 2.28. The minimum absolute atomic E-state index is 0.0962. The third-order valence-electron chi connectivity index (χ3n) is 3.41. The van der Waals surface area contributed by atoms with Crippen LogP contribution in [0.25, 0.3) is 6.08 Å². The number of hydrogen-bond donors (Lipinski definition) is 0. The minimum atomic E-state index is -0.0962. The van der Waals surface area contributed by atoms with Crippen molar-refractivity contribution in [3.05, 3.63) is 52.2 Å². The van der Waals surface area contributed by atoms with Crippen molar-refractivity contribution in [2.75, 3.05) is 0 Å². The number of ketones is 1. The second-order valence-electron chi connectivity index (χ2n) is 4.77. The van der Waals surface area contributed by atoms with Crippen molar-refractivity contribution in [1.82, 2.24) is 4.57 Å². The summed E-state index contributed by atoms with van der Waals surface area (Å²) < 4.78 is 7.15. The van der Waals surface area contributed by atoms with E-state index in [0.717, 1.165) is 17.0 Å². The van der Waals surface area contributed by atoms with Crippen molar-refractivity contribution in [2.45, 2.75) is 20.8 Å².